The van der Waals surface area contributed by atoms with E-state index in [1.165, 1.54) is 25.7 Å². The third kappa shape index (κ3) is 4.44. The van der Waals surface area contributed by atoms with Crippen LogP contribution in [0.25, 0.3) is 0 Å². The normalized spacial score (nSPS) is 21.1. The van der Waals surface area contributed by atoms with E-state index in [2.05, 4.69) is 11.8 Å². The molecule has 1 aliphatic rings. The Morgan fingerprint density at radius 1 is 1.33 bits per heavy atom. The maximum absolute atomic E-state index is 14.4. The number of anilines is 1. The molecular formula is C18H29FN2. The third-order valence-electron chi connectivity index (χ3n) is 4.47. The minimum absolute atomic E-state index is 0.0605. The van der Waals surface area contributed by atoms with Gasteiger partial charge < -0.3 is 10.6 Å². The molecule has 1 aromatic carbocycles. The summed E-state index contributed by atoms with van der Waals surface area (Å²) in [5, 5.41) is 0. The minimum atomic E-state index is -0.0953. The molecule has 1 heterocycles. The first-order chi connectivity index (χ1) is 10.1. The van der Waals surface area contributed by atoms with Crippen LogP contribution >= 0.6 is 0 Å². The number of hydrogen-bond acceptors (Lipinski definition) is 2. The third-order valence-corrected chi connectivity index (χ3v) is 4.47. The number of rotatable bonds is 5. The summed E-state index contributed by atoms with van der Waals surface area (Å²) in [5.74, 6) is 0.714. The minimum Gasteiger partial charge on any atom is -0.369 e. The zero-order valence-electron chi connectivity index (χ0n) is 13.4. The van der Waals surface area contributed by atoms with Crippen molar-refractivity contribution in [1.82, 2.24) is 0 Å². The molecule has 2 N–H and O–H groups in total. The van der Waals surface area contributed by atoms with E-state index in [4.69, 9.17) is 5.73 Å². The fourth-order valence-corrected chi connectivity index (χ4v) is 3.51. The van der Waals surface area contributed by atoms with Crippen LogP contribution in [0.15, 0.2) is 18.2 Å². The second-order valence-corrected chi connectivity index (χ2v) is 6.50. The van der Waals surface area contributed by atoms with Crippen molar-refractivity contribution >= 4 is 5.69 Å². The van der Waals surface area contributed by atoms with Gasteiger partial charge in [-0.2, -0.15) is 0 Å². The van der Waals surface area contributed by atoms with Crippen molar-refractivity contribution in [3.8, 4) is 0 Å². The molecule has 1 aliphatic heterocycles. The van der Waals surface area contributed by atoms with E-state index in [1.54, 1.807) is 12.1 Å². The molecule has 1 aromatic rings. The van der Waals surface area contributed by atoms with Crippen molar-refractivity contribution in [3.63, 3.8) is 0 Å². The average molecular weight is 292 g/mol. The molecule has 0 aromatic heterocycles. The van der Waals surface area contributed by atoms with Crippen LogP contribution in [0.2, 0.25) is 0 Å². The SMILES string of the molecule is CCCC1CCCN(c2c(F)cccc2CC(C)N)CC1. The zero-order valence-corrected chi connectivity index (χ0v) is 13.4. The van der Waals surface area contributed by atoms with Crippen LogP contribution in [0, 0.1) is 11.7 Å². The van der Waals surface area contributed by atoms with Gasteiger partial charge in [0.15, 0.2) is 0 Å². The fraction of sp³-hybridized carbons (Fsp3) is 0.667. The van der Waals surface area contributed by atoms with E-state index in [-0.39, 0.29) is 11.9 Å². The number of nitrogens with zero attached hydrogens (tertiary/aromatic N) is 1. The molecule has 0 bridgehead atoms. The molecule has 2 rings (SSSR count). The Hall–Kier alpha value is -1.09. The summed E-state index contributed by atoms with van der Waals surface area (Å²) in [6.45, 7) is 6.17. The summed E-state index contributed by atoms with van der Waals surface area (Å²) in [4.78, 5) is 2.25. The van der Waals surface area contributed by atoms with Crippen molar-refractivity contribution < 1.29 is 4.39 Å². The first-order valence-electron chi connectivity index (χ1n) is 8.39. The van der Waals surface area contributed by atoms with Crippen LogP contribution in [-0.2, 0) is 6.42 Å². The van der Waals surface area contributed by atoms with E-state index < -0.39 is 0 Å². The van der Waals surface area contributed by atoms with Gasteiger partial charge in [0, 0.05) is 19.1 Å². The lowest BCUT2D eigenvalue weighted by molar-refractivity contribution is 0.435. The Morgan fingerprint density at radius 2 is 2.14 bits per heavy atom. The number of para-hydroxylation sites is 1. The Labute approximate surface area is 128 Å². The first kappa shape index (κ1) is 16.3. The van der Waals surface area contributed by atoms with Crippen molar-refractivity contribution in [3.05, 3.63) is 29.6 Å². The van der Waals surface area contributed by atoms with E-state index in [9.17, 15) is 4.39 Å². The number of nitrogens with two attached hydrogens (primary N) is 1. The highest BCUT2D eigenvalue weighted by Gasteiger charge is 2.21. The van der Waals surface area contributed by atoms with Gasteiger partial charge in [0.2, 0.25) is 0 Å². The molecule has 0 aliphatic carbocycles. The molecule has 0 amide bonds. The Balaban J connectivity index is 2.16. The fourth-order valence-electron chi connectivity index (χ4n) is 3.51. The maximum Gasteiger partial charge on any atom is 0.146 e. The van der Waals surface area contributed by atoms with Crippen molar-refractivity contribution in [1.29, 1.82) is 0 Å². The predicted octanol–water partition coefficient (Wildman–Crippen LogP) is 4.12. The van der Waals surface area contributed by atoms with Gasteiger partial charge in [-0.25, -0.2) is 4.39 Å². The van der Waals surface area contributed by atoms with Crippen LogP contribution in [0.4, 0.5) is 10.1 Å². The molecule has 2 atom stereocenters. The van der Waals surface area contributed by atoms with Crippen LogP contribution in [0.5, 0.6) is 0 Å². The van der Waals surface area contributed by atoms with Crippen molar-refractivity contribution in [2.45, 2.75) is 58.4 Å². The molecule has 0 radical (unpaired) electrons. The lowest BCUT2D eigenvalue weighted by Crippen LogP contribution is -2.28. The number of hydrogen-bond donors (Lipinski definition) is 1. The van der Waals surface area contributed by atoms with Crippen LogP contribution < -0.4 is 10.6 Å². The molecule has 118 valence electrons. The van der Waals surface area contributed by atoms with Gasteiger partial charge >= 0.3 is 0 Å². The summed E-state index contributed by atoms with van der Waals surface area (Å²) >= 11 is 0. The number of halogens is 1. The van der Waals surface area contributed by atoms with Crippen LogP contribution in [-0.4, -0.2) is 19.1 Å². The Morgan fingerprint density at radius 3 is 2.86 bits per heavy atom. The summed E-state index contributed by atoms with van der Waals surface area (Å²) in [6, 6.07) is 5.46. The van der Waals surface area contributed by atoms with E-state index in [1.807, 2.05) is 13.0 Å². The molecule has 0 saturated carbocycles. The van der Waals surface area contributed by atoms with Gasteiger partial charge in [-0.15, -0.1) is 0 Å². The topological polar surface area (TPSA) is 29.3 Å². The summed E-state index contributed by atoms with van der Waals surface area (Å²) in [7, 11) is 0. The van der Waals surface area contributed by atoms with Crippen LogP contribution in [0.3, 0.4) is 0 Å². The van der Waals surface area contributed by atoms with Gasteiger partial charge in [-0.05, 0) is 50.2 Å². The van der Waals surface area contributed by atoms with Crippen molar-refractivity contribution in [2.75, 3.05) is 18.0 Å². The molecule has 1 fully saturated rings. The van der Waals surface area contributed by atoms with Gasteiger partial charge in [0.1, 0.15) is 5.82 Å². The lowest BCUT2D eigenvalue weighted by atomic mass is 9.96. The average Bonchev–Trinajstić information content (AvgIpc) is 2.64. The van der Waals surface area contributed by atoms with E-state index in [0.29, 0.717) is 0 Å². The van der Waals surface area contributed by atoms with Crippen LogP contribution in [0.1, 0.15) is 51.5 Å². The molecule has 2 nitrogen and oxygen atoms in total. The van der Waals surface area contributed by atoms with E-state index >= 15 is 0 Å². The smallest absolute Gasteiger partial charge is 0.146 e. The first-order valence-corrected chi connectivity index (χ1v) is 8.39. The summed E-state index contributed by atoms with van der Waals surface area (Å²) < 4.78 is 14.4. The summed E-state index contributed by atoms with van der Waals surface area (Å²) in [6.07, 6.45) is 6.91. The van der Waals surface area contributed by atoms with Gasteiger partial charge in [-0.3, -0.25) is 0 Å². The lowest BCUT2D eigenvalue weighted by Gasteiger charge is -2.26. The highest BCUT2D eigenvalue weighted by atomic mass is 19.1. The predicted molar refractivity (Wildman–Crippen MR) is 88.2 cm³/mol. The second kappa shape index (κ2) is 7.79. The molecular weight excluding hydrogens is 263 g/mol. The van der Waals surface area contributed by atoms with E-state index in [0.717, 1.165) is 43.1 Å². The Kier molecular flexibility index (Phi) is 6.04. The highest BCUT2D eigenvalue weighted by Crippen LogP contribution is 2.30. The monoisotopic (exact) mass is 292 g/mol. The quantitative estimate of drug-likeness (QED) is 0.884. The van der Waals surface area contributed by atoms with Crippen molar-refractivity contribution in [2.24, 2.45) is 11.7 Å². The van der Waals surface area contributed by atoms with Gasteiger partial charge in [0.25, 0.3) is 0 Å². The number of benzene rings is 1. The summed E-state index contributed by atoms with van der Waals surface area (Å²) in [5.41, 5.74) is 7.78. The largest absolute Gasteiger partial charge is 0.369 e. The molecule has 3 heteroatoms. The highest BCUT2D eigenvalue weighted by molar-refractivity contribution is 5.55. The Bertz CT molecular complexity index is 445. The van der Waals surface area contributed by atoms with Gasteiger partial charge in [0.05, 0.1) is 5.69 Å². The molecule has 0 spiro atoms. The molecule has 1 saturated heterocycles. The molecule has 21 heavy (non-hydrogen) atoms. The zero-order chi connectivity index (χ0) is 15.2. The maximum atomic E-state index is 14.4. The molecule has 2 unspecified atom stereocenters. The standard InChI is InChI=1S/C18H29FN2/c1-3-6-15-7-5-11-21(12-10-15)18-16(13-14(2)20)8-4-9-17(18)19/h4,8-9,14-15H,3,5-7,10-13,20H2,1-2H3. The second-order valence-electron chi connectivity index (χ2n) is 6.50. The van der Waals surface area contributed by atoms with Gasteiger partial charge in [-0.1, -0.05) is 31.9 Å².